The third kappa shape index (κ3) is 2.74. The molecule has 94 valence electrons. The van der Waals surface area contributed by atoms with Gasteiger partial charge in [-0.3, -0.25) is 4.98 Å². The number of H-pyrrole nitrogens is 1. The Hall–Kier alpha value is -2.35. The van der Waals surface area contributed by atoms with Crippen LogP contribution in [0.4, 0.5) is 0 Å². The van der Waals surface area contributed by atoms with E-state index in [-0.39, 0.29) is 0 Å². The molecule has 0 aliphatic carbocycles. The largest absolute Gasteiger partial charge is 0.364 e. The number of nitrogens with zero attached hydrogens (tertiary/aromatic N) is 1. The quantitative estimate of drug-likeness (QED) is 0.747. The fourth-order valence-corrected chi connectivity index (χ4v) is 2.41. The Labute approximate surface area is 113 Å². The van der Waals surface area contributed by atoms with E-state index in [1.165, 1.54) is 16.8 Å². The molecule has 3 rings (SSSR count). The van der Waals surface area contributed by atoms with Crippen molar-refractivity contribution in [1.29, 1.82) is 0 Å². The molecule has 3 aromatic rings. The maximum absolute atomic E-state index is 4.11. The number of benzene rings is 1. The first-order chi connectivity index (χ1) is 9.43. The summed E-state index contributed by atoms with van der Waals surface area (Å²) in [6.07, 6.45) is 6.69. The number of pyridine rings is 1. The zero-order chi connectivity index (χ0) is 12.9. The lowest BCUT2D eigenvalue weighted by molar-refractivity contribution is 0.779. The monoisotopic (exact) mass is 248 g/mol. The zero-order valence-electron chi connectivity index (χ0n) is 10.7. The van der Waals surface area contributed by atoms with Gasteiger partial charge in [-0.05, 0) is 41.8 Å². The molecule has 2 nitrogen and oxygen atoms in total. The van der Waals surface area contributed by atoms with Gasteiger partial charge in [0.05, 0.1) is 0 Å². The summed E-state index contributed by atoms with van der Waals surface area (Å²) in [6, 6.07) is 19.0. The van der Waals surface area contributed by atoms with E-state index >= 15 is 0 Å². The summed E-state index contributed by atoms with van der Waals surface area (Å²) >= 11 is 0. The molecule has 1 unspecified atom stereocenters. The average Bonchev–Trinajstić information content (AvgIpc) is 3.01. The van der Waals surface area contributed by atoms with Gasteiger partial charge in [-0.25, -0.2) is 0 Å². The second kappa shape index (κ2) is 5.53. The molecule has 0 amide bonds. The lowest BCUT2D eigenvalue weighted by Crippen LogP contribution is -2.05. The molecule has 0 spiro atoms. The molecule has 19 heavy (non-hydrogen) atoms. The maximum Gasteiger partial charge on any atom is 0.0282 e. The van der Waals surface area contributed by atoms with E-state index in [1.54, 1.807) is 0 Å². The predicted octanol–water partition coefficient (Wildman–Crippen LogP) is 3.78. The Morgan fingerprint density at radius 1 is 0.895 bits per heavy atom. The van der Waals surface area contributed by atoms with E-state index in [0.29, 0.717) is 5.92 Å². The third-order valence-electron chi connectivity index (χ3n) is 3.39. The van der Waals surface area contributed by atoms with Crippen LogP contribution < -0.4 is 0 Å². The molecule has 0 aliphatic heterocycles. The second-order valence-corrected chi connectivity index (χ2v) is 4.65. The second-order valence-electron chi connectivity index (χ2n) is 4.65. The van der Waals surface area contributed by atoms with Gasteiger partial charge < -0.3 is 4.98 Å². The molecule has 1 aromatic carbocycles. The zero-order valence-corrected chi connectivity index (χ0v) is 10.7. The number of aromatic amines is 1. The van der Waals surface area contributed by atoms with Crippen LogP contribution >= 0.6 is 0 Å². The van der Waals surface area contributed by atoms with Crippen LogP contribution in [-0.2, 0) is 6.42 Å². The Balaban J connectivity index is 1.94. The summed E-state index contributed by atoms with van der Waals surface area (Å²) in [7, 11) is 0. The summed E-state index contributed by atoms with van der Waals surface area (Å²) < 4.78 is 0. The highest BCUT2D eigenvalue weighted by molar-refractivity contribution is 5.30. The van der Waals surface area contributed by atoms with Gasteiger partial charge in [0.1, 0.15) is 0 Å². The molecule has 0 saturated heterocycles. The van der Waals surface area contributed by atoms with Crippen molar-refractivity contribution in [1.82, 2.24) is 9.97 Å². The van der Waals surface area contributed by atoms with Crippen molar-refractivity contribution >= 4 is 0 Å². The molecule has 0 bridgehead atoms. The molecule has 0 fully saturated rings. The van der Waals surface area contributed by atoms with Crippen molar-refractivity contribution < 1.29 is 0 Å². The highest BCUT2D eigenvalue weighted by Gasteiger charge is 2.15. The van der Waals surface area contributed by atoms with Crippen LogP contribution in [0.25, 0.3) is 0 Å². The van der Waals surface area contributed by atoms with Crippen LogP contribution in [-0.4, -0.2) is 9.97 Å². The number of nitrogens with one attached hydrogen (secondary N) is 1. The normalized spacial score (nSPS) is 12.2. The minimum atomic E-state index is 0.348. The van der Waals surface area contributed by atoms with Crippen LogP contribution in [0, 0.1) is 0 Å². The summed E-state index contributed by atoms with van der Waals surface area (Å²) in [4.78, 5) is 7.44. The lowest BCUT2D eigenvalue weighted by atomic mass is 9.90. The molecule has 0 aliphatic rings. The molecule has 2 aromatic heterocycles. The van der Waals surface area contributed by atoms with Crippen LogP contribution in [0.5, 0.6) is 0 Å². The summed E-state index contributed by atoms with van der Waals surface area (Å²) in [5.41, 5.74) is 3.88. The fourth-order valence-electron chi connectivity index (χ4n) is 2.41. The first kappa shape index (κ1) is 11.7. The van der Waals surface area contributed by atoms with E-state index < -0.39 is 0 Å². The molecule has 0 saturated carbocycles. The van der Waals surface area contributed by atoms with Gasteiger partial charge in [0.25, 0.3) is 0 Å². The summed E-state index contributed by atoms with van der Waals surface area (Å²) in [5, 5.41) is 0. The van der Waals surface area contributed by atoms with Crippen molar-refractivity contribution in [3.05, 3.63) is 90.0 Å². The van der Waals surface area contributed by atoms with Crippen LogP contribution in [0.3, 0.4) is 0 Å². The molecule has 2 heterocycles. The van der Waals surface area contributed by atoms with E-state index in [1.807, 2.05) is 18.6 Å². The van der Waals surface area contributed by atoms with Gasteiger partial charge in [0.15, 0.2) is 0 Å². The van der Waals surface area contributed by atoms with Crippen molar-refractivity contribution in [2.75, 3.05) is 0 Å². The number of aromatic nitrogens is 2. The van der Waals surface area contributed by atoms with Gasteiger partial charge in [-0.1, -0.05) is 30.3 Å². The third-order valence-corrected chi connectivity index (χ3v) is 3.39. The van der Waals surface area contributed by atoms with Crippen molar-refractivity contribution in [3.63, 3.8) is 0 Å². The smallest absolute Gasteiger partial charge is 0.0282 e. The van der Waals surface area contributed by atoms with Gasteiger partial charge in [0.2, 0.25) is 0 Å². The Kier molecular flexibility index (Phi) is 3.41. The van der Waals surface area contributed by atoms with Crippen LogP contribution in [0.1, 0.15) is 22.7 Å². The molecular formula is C17H16N2. The average molecular weight is 248 g/mol. The number of hydrogen-bond acceptors (Lipinski definition) is 1. The molecule has 2 heteroatoms. The maximum atomic E-state index is 4.11. The van der Waals surface area contributed by atoms with Crippen molar-refractivity contribution in [2.24, 2.45) is 0 Å². The van der Waals surface area contributed by atoms with E-state index in [0.717, 1.165) is 6.42 Å². The first-order valence-corrected chi connectivity index (χ1v) is 6.50. The van der Waals surface area contributed by atoms with Crippen molar-refractivity contribution in [2.45, 2.75) is 12.3 Å². The minimum absolute atomic E-state index is 0.348. The van der Waals surface area contributed by atoms with E-state index in [9.17, 15) is 0 Å². The molecule has 1 atom stereocenters. The van der Waals surface area contributed by atoms with Crippen LogP contribution in [0.2, 0.25) is 0 Å². The van der Waals surface area contributed by atoms with Gasteiger partial charge >= 0.3 is 0 Å². The summed E-state index contributed by atoms with van der Waals surface area (Å²) in [5.74, 6) is 0.348. The lowest BCUT2D eigenvalue weighted by Gasteiger charge is -2.16. The number of hydrogen-bond donors (Lipinski definition) is 1. The fraction of sp³-hybridized carbons (Fsp3) is 0.118. The van der Waals surface area contributed by atoms with E-state index in [4.69, 9.17) is 0 Å². The highest BCUT2D eigenvalue weighted by Crippen LogP contribution is 2.26. The first-order valence-electron chi connectivity index (χ1n) is 6.50. The van der Waals surface area contributed by atoms with Gasteiger partial charge in [0, 0.05) is 30.2 Å². The predicted molar refractivity (Wildman–Crippen MR) is 77.0 cm³/mol. The number of rotatable bonds is 4. The van der Waals surface area contributed by atoms with Crippen molar-refractivity contribution in [3.8, 4) is 0 Å². The van der Waals surface area contributed by atoms with Crippen LogP contribution in [0.15, 0.2) is 73.2 Å². The van der Waals surface area contributed by atoms with Gasteiger partial charge in [-0.15, -0.1) is 0 Å². The molecular weight excluding hydrogens is 232 g/mol. The highest BCUT2D eigenvalue weighted by atomic mass is 14.7. The molecule has 0 radical (unpaired) electrons. The van der Waals surface area contributed by atoms with E-state index in [2.05, 4.69) is 64.6 Å². The topological polar surface area (TPSA) is 28.7 Å². The SMILES string of the molecule is c1ccc(CC(c2ccncc2)c2ccc[nH]2)cc1. The summed E-state index contributed by atoms with van der Waals surface area (Å²) in [6.45, 7) is 0. The van der Waals surface area contributed by atoms with Gasteiger partial charge in [-0.2, -0.15) is 0 Å². The Morgan fingerprint density at radius 2 is 1.68 bits per heavy atom. The standard InChI is InChI=1S/C17H16N2/c1-2-5-14(6-3-1)13-16(17-7-4-10-19-17)15-8-11-18-12-9-15/h1-12,16,19H,13H2. The minimum Gasteiger partial charge on any atom is -0.364 e. The Bertz CT molecular complexity index is 600. The Morgan fingerprint density at radius 3 is 2.37 bits per heavy atom. The molecule has 1 N–H and O–H groups in total.